The Labute approximate surface area is 107 Å². The van der Waals surface area contributed by atoms with E-state index >= 15 is 0 Å². The lowest BCUT2D eigenvalue weighted by atomic mass is 9.95. The summed E-state index contributed by atoms with van der Waals surface area (Å²) in [6, 6.07) is 0.283. The van der Waals surface area contributed by atoms with Crippen LogP contribution in [0.15, 0.2) is 0 Å². The summed E-state index contributed by atoms with van der Waals surface area (Å²) in [7, 11) is 0. The molecule has 0 aromatic rings. The molecule has 2 N–H and O–H groups in total. The second-order valence-electron chi connectivity index (χ2n) is 5.48. The zero-order valence-electron chi connectivity index (χ0n) is 11.6. The number of nitrogens with two attached hydrogens (primary N) is 1. The monoisotopic (exact) mass is 241 g/mol. The van der Waals surface area contributed by atoms with Crippen LogP contribution in [0.3, 0.4) is 0 Å². The van der Waals surface area contributed by atoms with Gasteiger partial charge in [0, 0.05) is 12.6 Å². The maximum atomic E-state index is 6.19. The van der Waals surface area contributed by atoms with Crippen LogP contribution < -0.4 is 5.73 Å². The van der Waals surface area contributed by atoms with Crippen molar-refractivity contribution in [2.75, 3.05) is 6.61 Å². The summed E-state index contributed by atoms with van der Waals surface area (Å²) in [5, 5.41) is 0. The molecule has 0 radical (unpaired) electrons. The Morgan fingerprint density at radius 1 is 0.941 bits per heavy atom. The summed E-state index contributed by atoms with van der Waals surface area (Å²) in [6.45, 7) is 3.17. The molecule has 2 nitrogen and oxygen atoms in total. The highest BCUT2D eigenvalue weighted by molar-refractivity contribution is 4.75. The number of rotatable bonds is 7. The van der Waals surface area contributed by atoms with Gasteiger partial charge in [0.2, 0.25) is 0 Å². The molecule has 0 amide bonds. The molecule has 1 rings (SSSR count). The fraction of sp³-hybridized carbons (Fsp3) is 1.00. The fourth-order valence-corrected chi connectivity index (χ4v) is 2.63. The summed E-state index contributed by atoms with van der Waals surface area (Å²) in [5.74, 6) is 0. The first-order valence-electron chi connectivity index (χ1n) is 7.71. The molecule has 0 heterocycles. The smallest absolute Gasteiger partial charge is 0.0725 e. The Morgan fingerprint density at radius 2 is 1.65 bits per heavy atom. The molecule has 0 aromatic carbocycles. The van der Waals surface area contributed by atoms with Gasteiger partial charge in [-0.3, -0.25) is 0 Å². The molecule has 1 saturated carbocycles. The number of hydrogen-bond donors (Lipinski definition) is 1. The topological polar surface area (TPSA) is 35.2 Å². The molecule has 0 bridgehead atoms. The molecule has 2 heteroatoms. The van der Waals surface area contributed by atoms with Crippen LogP contribution >= 0.6 is 0 Å². The maximum absolute atomic E-state index is 6.19. The Kier molecular flexibility index (Phi) is 8.72. The number of ether oxygens (including phenoxy) is 1. The SMILES string of the molecule is CCCCCCCOC1CCCCCCC1N. The van der Waals surface area contributed by atoms with Crippen LogP contribution in [-0.2, 0) is 4.74 Å². The van der Waals surface area contributed by atoms with Crippen molar-refractivity contribution in [3.63, 3.8) is 0 Å². The summed E-state index contributed by atoms with van der Waals surface area (Å²) in [6.07, 6.45) is 14.5. The highest BCUT2D eigenvalue weighted by Gasteiger charge is 2.19. The van der Waals surface area contributed by atoms with Gasteiger partial charge in [0.1, 0.15) is 0 Å². The zero-order chi connectivity index (χ0) is 12.3. The van der Waals surface area contributed by atoms with Crippen molar-refractivity contribution in [1.82, 2.24) is 0 Å². The molecule has 0 saturated heterocycles. The predicted octanol–water partition coefficient (Wildman–Crippen LogP) is 4.02. The predicted molar refractivity (Wildman–Crippen MR) is 74.2 cm³/mol. The normalized spacial score (nSPS) is 26.5. The van der Waals surface area contributed by atoms with Crippen molar-refractivity contribution in [3.05, 3.63) is 0 Å². The van der Waals surface area contributed by atoms with E-state index in [-0.39, 0.29) is 6.04 Å². The second-order valence-corrected chi connectivity index (χ2v) is 5.48. The van der Waals surface area contributed by atoms with E-state index in [1.54, 1.807) is 0 Å². The van der Waals surface area contributed by atoms with Crippen LogP contribution in [-0.4, -0.2) is 18.8 Å². The van der Waals surface area contributed by atoms with Crippen molar-refractivity contribution >= 4 is 0 Å². The quantitative estimate of drug-likeness (QED) is 0.683. The van der Waals surface area contributed by atoms with Crippen molar-refractivity contribution in [2.45, 2.75) is 89.7 Å². The van der Waals surface area contributed by atoms with Crippen LogP contribution in [0.5, 0.6) is 0 Å². The van der Waals surface area contributed by atoms with Gasteiger partial charge in [-0.25, -0.2) is 0 Å². The first kappa shape index (κ1) is 15.0. The standard InChI is InChI=1S/C15H31NO/c1-2-3-4-7-10-13-17-15-12-9-6-5-8-11-14(15)16/h14-15H,2-13,16H2,1H3. The molecule has 1 fully saturated rings. The summed E-state index contributed by atoms with van der Waals surface area (Å²) in [5.41, 5.74) is 6.19. The van der Waals surface area contributed by atoms with E-state index in [0.717, 1.165) is 13.0 Å². The fourth-order valence-electron chi connectivity index (χ4n) is 2.63. The zero-order valence-corrected chi connectivity index (χ0v) is 11.6. The summed E-state index contributed by atoms with van der Waals surface area (Å²) < 4.78 is 5.99. The van der Waals surface area contributed by atoms with Crippen LogP contribution in [0, 0.1) is 0 Å². The minimum Gasteiger partial charge on any atom is -0.377 e. The highest BCUT2D eigenvalue weighted by Crippen LogP contribution is 2.19. The molecule has 0 aromatic heterocycles. The molecule has 1 aliphatic rings. The van der Waals surface area contributed by atoms with Gasteiger partial charge in [-0.15, -0.1) is 0 Å². The Hall–Kier alpha value is -0.0800. The van der Waals surface area contributed by atoms with Gasteiger partial charge in [-0.2, -0.15) is 0 Å². The van der Waals surface area contributed by atoms with Crippen LogP contribution in [0.2, 0.25) is 0 Å². The van der Waals surface area contributed by atoms with E-state index in [0.29, 0.717) is 6.10 Å². The van der Waals surface area contributed by atoms with Gasteiger partial charge in [0.15, 0.2) is 0 Å². The molecule has 0 spiro atoms. The lowest BCUT2D eigenvalue weighted by Crippen LogP contribution is -2.37. The third-order valence-electron chi connectivity index (χ3n) is 3.83. The van der Waals surface area contributed by atoms with Gasteiger partial charge >= 0.3 is 0 Å². The van der Waals surface area contributed by atoms with E-state index in [1.807, 2.05) is 0 Å². The Balaban J connectivity index is 2.06. The third-order valence-corrected chi connectivity index (χ3v) is 3.83. The van der Waals surface area contributed by atoms with E-state index in [4.69, 9.17) is 10.5 Å². The van der Waals surface area contributed by atoms with Gasteiger partial charge in [-0.05, 0) is 19.3 Å². The van der Waals surface area contributed by atoms with Crippen LogP contribution in [0.25, 0.3) is 0 Å². The summed E-state index contributed by atoms with van der Waals surface area (Å²) in [4.78, 5) is 0. The van der Waals surface area contributed by atoms with Crippen molar-refractivity contribution in [1.29, 1.82) is 0 Å². The lowest BCUT2D eigenvalue weighted by molar-refractivity contribution is 0.0208. The highest BCUT2D eigenvalue weighted by atomic mass is 16.5. The average Bonchev–Trinajstić information content (AvgIpc) is 2.32. The van der Waals surface area contributed by atoms with Crippen LogP contribution in [0.4, 0.5) is 0 Å². The van der Waals surface area contributed by atoms with Crippen LogP contribution in [0.1, 0.15) is 77.6 Å². The first-order valence-corrected chi connectivity index (χ1v) is 7.71. The second kappa shape index (κ2) is 9.90. The average molecular weight is 241 g/mol. The van der Waals surface area contributed by atoms with E-state index in [1.165, 1.54) is 64.2 Å². The first-order chi connectivity index (χ1) is 8.34. The van der Waals surface area contributed by atoms with E-state index in [2.05, 4.69) is 6.92 Å². The molecule has 17 heavy (non-hydrogen) atoms. The van der Waals surface area contributed by atoms with Gasteiger partial charge < -0.3 is 10.5 Å². The van der Waals surface area contributed by atoms with E-state index < -0.39 is 0 Å². The largest absolute Gasteiger partial charge is 0.377 e. The van der Waals surface area contributed by atoms with E-state index in [9.17, 15) is 0 Å². The lowest BCUT2D eigenvalue weighted by Gasteiger charge is -2.26. The maximum Gasteiger partial charge on any atom is 0.0725 e. The molecular weight excluding hydrogens is 210 g/mol. The van der Waals surface area contributed by atoms with Gasteiger partial charge in [-0.1, -0.05) is 58.3 Å². The Bertz CT molecular complexity index is 172. The molecule has 1 aliphatic carbocycles. The molecule has 2 unspecified atom stereocenters. The molecule has 102 valence electrons. The molecule has 2 atom stereocenters. The summed E-state index contributed by atoms with van der Waals surface area (Å²) >= 11 is 0. The number of hydrogen-bond acceptors (Lipinski definition) is 2. The molecule has 0 aliphatic heterocycles. The van der Waals surface area contributed by atoms with Gasteiger partial charge in [0.05, 0.1) is 6.10 Å². The minimum absolute atomic E-state index is 0.283. The minimum atomic E-state index is 0.283. The van der Waals surface area contributed by atoms with Crippen molar-refractivity contribution in [3.8, 4) is 0 Å². The van der Waals surface area contributed by atoms with Crippen molar-refractivity contribution < 1.29 is 4.74 Å². The number of unbranched alkanes of at least 4 members (excludes halogenated alkanes) is 4. The van der Waals surface area contributed by atoms with Gasteiger partial charge in [0.25, 0.3) is 0 Å². The van der Waals surface area contributed by atoms with Crippen molar-refractivity contribution in [2.24, 2.45) is 5.73 Å². The third kappa shape index (κ3) is 7.05. The molecular formula is C15H31NO. The Morgan fingerprint density at radius 3 is 2.41 bits per heavy atom.